The fourth-order valence-electron chi connectivity index (χ4n) is 1.67. The van der Waals surface area contributed by atoms with E-state index in [-0.39, 0.29) is 33.9 Å². The maximum Gasteiger partial charge on any atom is 0.311 e. The molecule has 2 N–H and O–H groups in total. The average Bonchev–Trinajstić information content (AvgIpc) is 2.55. The topological polar surface area (TPSA) is 114 Å². The largest absolute Gasteiger partial charge is 0.469 e. The SMILES string of the molecule is COC(=O)Cc1cc(=O)[nH]c(SCC(=O)Nc2ncc(Cl)cc2Cl)n1. The van der Waals surface area contributed by atoms with Crippen LogP contribution in [0.2, 0.25) is 10.0 Å². The number of aromatic nitrogens is 3. The number of nitrogens with zero attached hydrogens (tertiary/aromatic N) is 2. The predicted octanol–water partition coefficient (Wildman–Crippen LogP) is 1.92. The molecule has 25 heavy (non-hydrogen) atoms. The summed E-state index contributed by atoms with van der Waals surface area (Å²) < 4.78 is 4.53. The molecule has 0 saturated carbocycles. The summed E-state index contributed by atoms with van der Waals surface area (Å²) in [6.07, 6.45) is 1.22. The van der Waals surface area contributed by atoms with Crippen LogP contribution in [0.1, 0.15) is 5.69 Å². The normalized spacial score (nSPS) is 10.4. The van der Waals surface area contributed by atoms with Gasteiger partial charge in [0.2, 0.25) is 5.91 Å². The summed E-state index contributed by atoms with van der Waals surface area (Å²) in [6.45, 7) is 0. The van der Waals surface area contributed by atoms with Crippen LogP contribution >= 0.6 is 35.0 Å². The first-order valence-corrected chi connectivity index (χ1v) is 8.52. The van der Waals surface area contributed by atoms with E-state index in [4.69, 9.17) is 23.2 Å². The Morgan fingerprint density at radius 1 is 1.36 bits per heavy atom. The molecule has 0 unspecified atom stereocenters. The number of H-pyrrole nitrogens is 1. The number of esters is 1. The number of carbonyl (C=O) groups is 2. The lowest BCUT2D eigenvalue weighted by atomic mass is 10.3. The molecular formula is C14H12Cl2N4O4S. The van der Waals surface area contributed by atoms with E-state index in [0.717, 1.165) is 11.8 Å². The molecule has 0 atom stereocenters. The van der Waals surface area contributed by atoms with Crippen LogP contribution < -0.4 is 10.9 Å². The summed E-state index contributed by atoms with van der Waals surface area (Å²) >= 11 is 12.6. The highest BCUT2D eigenvalue weighted by Gasteiger charge is 2.11. The lowest BCUT2D eigenvalue weighted by Crippen LogP contribution is -2.17. The van der Waals surface area contributed by atoms with Crippen molar-refractivity contribution in [1.82, 2.24) is 15.0 Å². The molecule has 0 spiro atoms. The Labute approximate surface area is 156 Å². The number of thioether (sulfide) groups is 1. The van der Waals surface area contributed by atoms with E-state index in [1.807, 2.05) is 0 Å². The molecule has 0 aliphatic rings. The molecule has 11 heteroatoms. The Hall–Kier alpha value is -2.10. The Bertz CT molecular complexity index is 859. The molecule has 132 valence electrons. The Kier molecular flexibility index (Phi) is 6.80. The third-order valence-corrected chi connectivity index (χ3v) is 4.10. The number of ether oxygens (including phenoxy) is 1. The lowest BCUT2D eigenvalue weighted by Gasteiger charge is -2.06. The second kappa shape index (κ2) is 8.84. The van der Waals surface area contributed by atoms with E-state index in [1.54, 1.807) is 0 Å². The molecule has 2 rings (SSSR count). The zero-order valence-electron chi connectivity index (χ0n) is 12.8. The van der Waals surface area contributed by atoms with E-state index in [0.29, 0.717) is 5.02 Å². The predicted molar refractivity (Wildman–Crippen MR) is 94.2 cm³/mol. The number of methoxy groups -OCH3 is 1. The standard InChI is InChI=1S/C14H12Cl2N4O4S/c1-24-12(23)4-8-3-10(21)20-14(18-8)25-6-11(22)19-13-9(16)2-7(15)5-17-13/h2-3,5H,4,6H2,1H3,(H,17,19,22)(H,18,20,21). The van der Waals surface area contributed by atoms with Crippen LogP contribution in [0.25, 0.3) is 0 Å². The van der Waals surface area contributed by atoms with Crippen molar-refractivity contribution in [3.8, 4) is 0 Å². The molecule has 2 aromatic rings. The van der Waals surface area contributed by atoms with Crippen LogP contribution in [0.4, 0.5) is 5.82 Å². The monoisotopic (exact) mass is 402 g/mol. The van der Waals surface area contributed by atoms with Crippen LogP contribution in [0.3, 0.4) is 0 Å². The molecule has 0 aliphatic heterocycles. The molecule has 2 aromatic heterocycles. The van der Waals surface area contributed by atoms with Crippen molar-refractivity contribution in [2.24, 2.45) is 0 Å². The van der Waals surface area contributed by atoms with Gasteiger partial charge in [0.05, 0.1) is 35.0 Å². The smallest absolute Gasteiger partial charge is 0.311 e. The Morgan fingerprint density at radius 2 is 2.12 bits per heavy atom. The molecule has 8 nitrogen and oxygen atoms in total. The molecule has 1 amide bonds. The number of hydrogen-bond acceptors (Lipinski definition) is 7. The second-order valence-electron chi connectivity index (χ2n) is 4.62. The molecule has 2 heterocycles. The first-order valence-electron chi connectivity index (χ1n) is 6.78. The van der Waals surface area contributed by atoms with E-state index >= 15 is 0 Å². The zero-order chi connectivity index (χ0) is 18.4. The first-order chi connectivity index (χ1) is 11.9. The van der Waals surface area contributed by atoms with Crippen molar-refractivity contribution in [2.75, 3.05) is 18.2 Å². The molecule has 0 saturated heterocycles. The van der Waals surface area contributed by atoms with Gasteiger partial charge < -0.3 is 15.0 Å². The molecular weight excluding hydrogens is 391 g/mol. The summed E-state index contributed by atoms with van der Waals surface area (Å²) in [5, 5.41) is 3.28. The summed E-state index contributed by atoms with van der Waals surface area (Å²) in [5.41, 5.74) is -0.180. The molecule has 0 aliphatic carbocycles. The van der Waals surface area contributed by atoms with Crippen LogP contribution in [-0.2, 0) is 20.7 Å². The third kappa shape index (κ3) is 6.04. The van der Waals surface area contributed by atoms with Crippen LogP contribution in [-0.4, -0.2) is 39.7 Å². The maximum absolute atomic E-state index is 12.0. The van der Waals surface area contributed by atoms with Gasteiger partial charge in [0.25, 0.3) is 5.56 Å². The zero-order valence-corrected chi connectivity index (χ0v) is 15.2. The van der Waals surface area contributed by atoms with Crippen LogP contribution in [0, 0.1) is 0 Å². The molecule has 0 bridgehead atoms. The minimum absolute atomic E-state index is 0.0503. The summed E-state index contributed by atoms with van der Waals surface area (Å²) in [7, 11) is 1.24. The van der Waals surface area contributed by atoms with Crippen molar-refractivity contribution in [3.63, 3.8) is 0 Å². The van der Waals surface area contributed by atoms with Gasteiger partial charge >= 0.3 is 5.97 Å². The van der Waals surface area contributed by atoms with E-state index in [1.165, 1.54) is 25.4 Å². The van der Waals surface area contributed by atoms with Gasteiger partial charge in [-0.25, -0.2) is 9.97 Å². The van der Waals surface area contributed by atoms with Crippen LogP contribution in [0.15, 0.2) is 28.3 Å². The van der Waals surface area contributed by atoms with Crippen molar-refractivity contribution in [3.05, 3.63) is 44.4 Å². The lowest BCUT2D eigenvalue weighted by molar-refractivity contribution is -0.139. The highest BCUT2D eigenvalue weighted by molar-refractivity contribution is 7.99. The van der Waals surface area contributed by atoms with Crippen molar-refractivity contribution < 1.29 is 14.3 Å². The number of nitrogens with one attached hydrogen (secondary N) is 2. The van der Waals surface area contributed by atoms with Gasteiger partial charge in [-0.3, -0.25) is 14.4 Å². The van der Waals surface area contributed by atoms with Gasteiger partial charge in [0, 0.05) is 12.3 Å². The molecule has 0 radical (unpaired) electrons. The van der Waals surface area contributed by atoms with Gasteiger partial charge in [-0.1, -0.05) is 35.0 Å². The summed E-state index contributed by atoms with van der Waals surface area (Å²) in [6, 6.07) is 2.65. The minimum atomic E-state index is -0.518. The third-order valence-electron chi connectivity index (χ3n) is 2.73. The van der Waals surface area contributed by atoms with Gasteiger partial charge in [0.1, 0.15) is 0 Å². The Balaban J connectivity index is 1.99. The summed E-state index contributed by atoms with van der Waals surface area (Å²) in [4.78, 5) is 45.3. The average molecular weight is 403 g/mol. The van der Waals surface area contributed by atoms with Gasteiger partial charge in [-0.15, -0.1) is 0 Å². The van der Waals surface area contributed by atoms with Gasteiger partial charge in [-0.2, -0.15) is 0 Å². The number of hydrogen-bond donors (Lipinski definition) is 2. The number of rotatable bonds is 6. The van der Waals surface area contributed by atoms with Crippen molar-refractivity contribution in [1.29, 1.82) is 0 Å². The second-order valence-corrected chi connectivity index (χ2v) is 6.42. The highest BCUT2D eigenvalue weighted by atomic mass is 35.5. The molecule has 0 aromatic carbocycles. The number of anilines is 1. The quantitative estimate of drug-likeness (QED) is 0.430. The fourth-order valence-corrected chi connectivity index (χ4v) is 2.79. The van der Waals surface area contributed by atoms with Crippen LogP contribution in [0.5, 0.6) is 0 Å². The number of aromatic amines is 1. The molecule has 0 fully saturated rings. The van der Waals surface area contributed by atoms with Crippen molar-refractivity contribution in [2.45, 2.75) is 11.6 Å². The Morgan fingerprint density at radius 3 is 2.80 bits per heavy atom. The highest BCUT2D eigenvalue weighted by Crippen LogP contribution is 2.23. The van der Waals surface area contributed by atoms with Crippen molar-refractivity contribution >= 4 is 52.7 Å². The fraction of sp³-hybridized carbons (Fsp3) is 0.214. The summed E-state index contributed by atoms with van der Waals surface area (Å²) in [5.74, 6) is -0.791. The van der Waals surface area contributed by atoms with E-state index in [2.05, 4.69) is 25.0 Å². The number of halogens is 2. The number of amides is 1. The maximum atomic E-state index is 12.0. The number of carbonyl (C=O) groups excluding carboxylic acids is 2. The van der Waals surface area contributed by atoms with Gasteiger partial charge in [0.15, 0.2) is 11.0 Å². The van der Waals surface area contributed by atoms with E-state index in [9.17, 15) is 14.4 Å². The van der Waals surface area contributed by atoms with Gasteiger partial charge in [-0.05, 0) is 6.07 Å². The first kappa shape index (κ1) is 19.2. The van der Waals surface area contributed by atoms with E-state index < -0.39 is 17.4 Å². The number of pyridine rings is 1. The minimum Gasteiger partial charge on any atom is -0.469 e.